The van der Waals surface area contributed by atoms with Crippen LogP contribution < -0.4 is 5.32 Å². The largest absolute Gasteiger partial charge is 0.479 e. The number of carboxylic acids is 1. The van der Waals surface area contributed by atoms with Gasteiger partial charge in [0.2, 0.25) is 0 Å². The van der Waals surface area contributed by atoms with Gasteiger partial charge in [0.15, 0.2) is 5.54 Å². The normalized spacial score (nSPS) is 26.4. The summed E-state index contributed by atoms with van der Waals surface area (Å²) in [4.78, 5) is 21.6. The minimum absolute atomic E-state index is 0.0320. The molecular weight excluding hydrogens is 174 g/mol. The van der Waals surface area contributed by atoms with Gasteiger partial charge in [-0.1, -0.05) is 0 Å². The van der Waals surface area contributed by atoms with Crippen LogP contribution in [0, 0.1) is 12.3 Å². The van der Waals surface area contributed by atoms with Crippen molar-refractivity contribution in [2.75, 3.05) is 13.2 Å². The van der Waals surface area contributed by atoms with Gasteiger partial charge in [0, 0.05) is 13.0 Å². The topological polar surface area (TPSA) is 75.6 Å². The third-order valence-corrected chi connectivity index (χ3v) is 1.91. The van der Waals surface area contributed by atoms with Crippen molar-refractivity contribution in [3.8, 4) is 12.3 Å². The smallest absolute Gasteiger partial charge is 0.331 e. The molecule has 0 radical (unpaired) electrons. The highest BCUT2D eigenvalue weighted by Gasteiger charge is 2.43. The Morgan fingerprint density at radius 2 is 2.31 bits per heavy atom. The fraction of sp³-hybridized carbons (Fsp3) is 0.500. The van der Waals surface area contributed by atoms with Crippen LogP contribution in [-0.2, 0) is 14.3 Å². The molecule has 1 heterocycles. The van der Waals surface area contributed by atoms with Crippen LogP contribution in [-0.4, -0.2) is 35.7 Å². The molecule has 1 amide bonds. The van der Waals surface area contributed by atoms with E-state index in [1.54, 1.807) is 5.92 Å². The molecule has 0 aromatic rings. The fourth-order valence-corrected chi connectivity index (χ4v) is 1.14. The fourth-order valence-electron chi connectivity index (χ4n) is 1.14. The van der Waals surface area contributed by atoms with Crippen LogP contribution in [0.15, 0.2) is 0 Å². The van der Waals surface area contributed by atoms with E-state index < -0.39 is 17.4 Å². The molecule has 1 rings (SSSR count). The van der Waals surface area contributed by atoms with E-state index in [0.717, 1.165) is 0 Å². The van der Waals surface area contributed by atoms with Gasteiger partial charge < -0.3 is 15.2 Å². The summed E-state index contributed by atoms with van der Waals surface area (Å²) in [7, 11) is 0. The van der Waals surface area contributed by atoms with E-state index in [4.69, 9.17) is 16.3 Å². The monoisotopic (exact) mass is 183 g/mol. The van der Waals surface area contributed by atoms with Crippen LogP contribution in [0.3, 0.4) is 0 Å². The molecule has 1 fully saturated rings. The Labute approximate surface area is 75.1 Å². The molecule has 1 aliphatic rings. The number of rotatable bonds is 2. The van der Waals surface area contributed by atoms with Gasteiger partial charge in [0.05, 0.1) is 6.61 Å². The molecule has 0 spiro atoms. The van der Waals surface area contributed by atoms with Gasteiger partial charge >= 0.3 is 5.97 Å². The number of ether oxygens (including phenoxy) is 1. The average molecular weight is 183 g/mol. The first-order valence-electron chi connectivity index (χ1n) is 3.70. The van der Waals surface area contributed by atoms with Gasteiger partial charge in [-0.2, -0.15) is 0 Å². The summed E-state index contributed by atoms with van der Waals surface area (Å²) in [6.45, 7) is 0.285. The standard InChI is InChI=1S/C8H9NO4/c1-2-6(10)9-8(7(11)12)3-4-13-5-8/h1H,3-5H2,(H,9,10)(H,11,12). The zero-order valence-corrected chi connectivity index (χ0v) is 6.87. The Hall–Kier alpha value is -1.54. The van der Waals surface area contributed by atoms with Crippen molar-refractivity contribution in [1.82, 2.24) is 5.32 Å². The summed E-state index contributed by atoms with van der Waals surface area (Å²) < 4.78 is 4.90. The van der Waals surface area contributed by atoms with E-state index >= 15 is 0 Å². The van der Waals surface area contributed by atoms with Crippen molar-refractivity contribution < 1.29 is 19.4 Å². The van der Waals surface area contributed by atoms with Crippen LogP contribution in [0.1, 0.15) is 6.42 Å². The summed E-state index contributed by atoms with van der Waals surface area (Å²) in [6, 6.07) is 0. The number of amides is 1. The number of terminal acetylenes is 1. The molecule has 0 bridgehead atoms. The van der Waals surface area contributed by atoms with Crippen molar-refractivity contribution in [2.45, 2.75) is 12.0 Å². The second-order valence-electron chi connectivity index (χ2n) is 2.79. The zero-order chi connectivity index (χ0) is 9.90. The minimum atomic E-state index is -1.33. The van der Waals surface area contributed by atoms with Crippen LogP contribution in [0.5, 0.6) is 0 Å². The maximum absolute atomic E-state index is 10.8. The molecule has 1 atom stereocenters. The lowest BCUT2D eigenvalue weighted by atomic mass is 9.99. The van der Waals surface area contributed by atoms with Crippen LogP contribution in [0.2, 0.25) is 0 Å². The highest BCUT2D eigenvalue weighted by Crippen LogP contribution is 2.18. The molecule has 0 aromatic carbocycles. The summed E-state index contributed by atoms with van der Waals surface area (Å²) >= 11 is 0. The van der Waals surface area contributed by atoms with Gasteiger partial charge in [-0.25, -0.2) is 4.79 Å². The number of carbonyl (C=O) groups is 2. The van der Waals surface area contributed by atoms with Crippen molar-refractivity contribution in [1.29, 1.82) is 0 Å². The van der Waals surface area contributed by atoms with Crippen LogP contribution in [0.4, 0.5) is 0 Å². The Bertz CT molecular complexity index is 272. The molecule has 13 heavy (non-hydrogen) atoms. The summed E-state index contributed by atoms with van der Waals surface area (Å²) in [5.41, 5.74) is -1.33. The number of nitrogens with one attached hydrogen (secondary N) is 1. The first-order chi connectivity index (χ1) is 6.10. The number of aliphatic carboxylic acids is 1. The third-order valence-electron chi connectivity index (χ3n) is 1.91. The van der Waals surface area contributed by atoms with E-state index in [2.05, 4.69) is 5.32 Å². The molecule has 1 unspecified atom stereocenters. The molecular formula is C8H9NO4. The Morgan fingerprint density at radius 3 is 2.69 bits per heavy atom. The Morgan fingerprint density at radius 1 is 1.62 bits per heavy atom. The lowest BCUT2D eigenvalue weighted by molar-refractivity contribution is -0.146. The van der Waals surface area contributed by atoms with E-state index in [1.807, 2.05) is 0 Å². The lowest BCUT2D eigenvalue weighted by Crippen LogP contribution is -2.54. The SMILES string of the molecule is C#CC(=O)NC1(C(=O)O)CCOC1. The van der Waals surface area contributed by atoms with Crippen molar-refractivity contribution in [2.24, 2.45) is 0 Å². The maximum Gasteiger partial charge on any atom is 0.331 e. The van der Waals surface area contributed by atoms with E-state index in [1.165, 1.54) is 0 Å². The molecule has 0 aromatic heterocycles. The first-order valence-corrected chi connectivity index (χ1v) is 3.70. The quantitative estimate of drug-likeness (QED) is 0.537. The van der Waals surface area contributed by atoms with Gasteiger partial charge in [-0.05, 0) is 5.92 Å². The van der Waals surface area contributed by atoms with E-state index in [0.29, 0.717) is 6.61 Å². The van der Waals surface area contributed by atoms with Crippen LogP contribution in [0.25, 0.3) is 0 Å². The number of carbonyl (C=O) groups excluding carboxylic acids is 1. The highest BCUT2D eigenvalue weighted by molar-refractivity contribution is 5.97. The van der Waals surface area contributed by atoms with E-state index in [-0.39, 0.29) is 13.0 Å². The van der Waals surface area contributed by atoms with Gasteiger partial charge in [-0.15, -0.1) is 6.42 Å². The average Bonchev–Trinajstić information content (AvgIpc) is 2.54. The summed E-state index contributed by atoms with van der Waals surface area (Å²) in [5, 5.41) is 11.1. The lowest BCUT2D eigenvalue weighted by Gasteiger charge is -2.21. The molecule has 70 valence electrons. The third kappa shape index (κ3) is 1.79. The molecule has 0 aliphatic carbocycles. The van der Waals surface area contributed by atoms with Crippen molar-refractivity contribution in [3.05, 3.63) is 0 Å². The number of carboxylic acid groups (broad SMARTS) is 1. The molecule has 1 saturated heterocycles. The Kier molecular flexibility index (Phi) is 2.54. The highest BCUT2D eigenvalue weighted by atomic mass is 16.5. The number of hydrogen-bond donors (Lipinski definition) is 2. The molecule has 5 nitrogen and oxygen atoms in total. The predicted octanol–water partition coefficient (Wildman–Crippen LogP) is -1.02. The second kappa shape index (κ2) is 3.46. The maximum atomic E-state index is 10.8. The summed E-state index contributed by atoms with van der Waals surface area (Å²) in [5.74, 6) is -0.0433. The molecule has 5 heteroatoms. The molecule has 2 N–H and O–H groups in total. The summed E-state index contributed by atoms with van der Waals surface area (Å²) in [6.07, 6.45) is 5.06. The second-order valence-corrected chi connectivity index (χ2v) is 2.79. The Balaban J connectivity index is 2.75. The van der Waals surface area contributed by atoms with E-state index in [9.17, 15) is 9.59 Å². The minimum Gasteiger partial charge on any atom is -0.479 e. The van der Waals surface area contributed by atoms with Gasteiger partial charge in [-0.3, -0.25) is 4.79 Å². The van der Waals surface area contributed by atoms with Crippen molar-refractivity contribution >= 4 is 11.9 Å². The van der Waals surface area contributed by atoms with Gasteiger partial charge in [0.25, 0.3) is 5.91 Å². The predicted molar refractivity (Wildman–Crippen MR) is 42.8 cm³/mol. The molecule has 1 aliphatic heterocycles. The van der Waals surface area contributed by atoms with Gasteiger partial charge in [0.1, 0.15) is 0 Å². The van der Waals surface area contributed by atoms with Crippen LogP contribution >= 0.6 is 0 Å². The first kappa shape index (κ1) is 9.55. The number of hydrogen-bond acceptors (Lipinski definition) is 3. The molecule has 0 saturated carbocycles. The van der Waals surface area contributed by atoms with Crippen molar-refractivity contribution in [3.63, 3.8) is 0 Å². The zero-order valence-electron chi connectivity index (χ0n) is 6.87.